The third-order valence-corrected chi connectivity index (χ3v) is 3.32. The van der Waals surface area contributed by atoms with E-state index < -0.39 is 0 Å². The van der Waals surface area contributed by atoms with E-state index in [1.54, 1.807) is 0 Å². The number of nitrogens with two attached hydrogens (primary N) is 1. The Morgan fingerprint density at radius 1 is 1.56 bits per heavy atom. The summed E-state index contributed by atoms with van der Waals surface area (Å²) >= 11 is 1.20. The molecule has 1 atom stereocenters. The quantitative estimate of drug-likeness (QED) is 0.698. The number of aromatic nitrogens is 2. The highest BCUT2D eigenvalue weighted by molar-refractivity contribution is 7.99. The minimum Gasteiger partial charge on any atom is -0.415 e. The van der Waals surface area contributed by atoms with Gasteiger partial charge in [-0.3, -0.25) is 4.79 Å². The molecular formula is C10H16N4O3S. The van der Waals surface area contributed by atoms with Crippen molar-refractivity contribution >= 4 is 17.7 Å². The van der Waals surface area contributed by atoms with E-state index in [0.29, 0.717) is 17.7 Å². The van der Waals surface area contributed by atoms with Gasteiger partial charge >= 0.3 is 0 Å². The number of rotatable bonds is 6. The van der Waals surface area contributed by atoms with E-state index in [2.05, 4.69) is 15.5 Å². The SMILES string of the molecule is NCc1nnc(SCC(=O)NCC2CCCO2)o1. The maximum absolute atomic E-state index is 11.5. The standard InChI is InChI=1S/C10H16N4O3S/c11-4-9-13-14-10(17-9)18-6-8(15)12-5-7-2-1-3-16-7/h7H,1-6,11H2,(H,12,15). The van der Waals surface area contributed by atoms with Gasteiger partial charge in [-0.15, -0.1) is 10.2 Å². The Labute approximate surface area is 109 Å². The molecule has 2 heterocycles. The second kappa shape index (κ2) is 6.72. The smallest absolute Gasteiger partial charge is 0.277 e. The zero-order chi connectivity index (χ0) is 12.8. The first kappa shape index (κ1) is 13.3. The van der Waals surface area contributed by atoms with Crippen LogP contribution >= 0.6 is 11.8 Å². The highest BCUT2D eigenvalue weighted by Crippen LogP contribution is 2.15. The molecule has 1 aromatic rings. The van der Waals surface area contributed by atoms with E-state index in [9.17, 15) is 4.79 Å². The Morgan fingerprint density at radius 2 is 2.44 bits per heavy atom. The van der Waals surface area contributed by atoms with E-state index in [4.69, 9.17) is 14.9 Å². The largest absolute Gasteiger partial charge is 0.415 e. The van der Waals surface area contributed by atoms with Gasteiger partial charge in [0.1, 0.15) is 0 Å². The highest BCUT2D eigenvalue weighted by Gasteiger charge is 2.16. The molecule has 8 heteroatoms. The van der Waals surface area contributed by atoms with E-state index in [1.807, 2.05) is 0 Å². The van der Waals surface area contributed by atoms with Crippen molar-refractivity contribution in [1.29, 1.82) is 0 Å². The van der Waals surface area contributed by atoms with Crippen LogP contribution in [0, 0.1) is 0 Å². The molecule has 1 aromatic heterocycles. The van der Waals surface area contributed by atoms with Crippen molar-refractivity contribution in [2.24, 2.45) is 5.73 Å². The lowest BCUT2D eigenvalue weighted by atomic mass is 10.2. The van der Waals surface area contributed by atoms with Gasteiger partial charge in [-0.2, -0.15) is 0 Å². The van der Waals surface area contributed by atoms with Gasteiger partial charge in [0.05, 0.1) is 18.4 Å². The molecule has 1 fully saturated rings. The molecule has 100 valence electrons. The zero-order valence-electron chi connectivity index (χ0n) is 9.92. The Bertz CT molecular complexity index is 392. The summed E-state index contributed by atoms with van der Waals surface area (Å²) in [6, 6.07) is 0. The highest BCUT2D eigenvalue weighted by atomic mass is 32.2. The number of hydrogen-bond acceptors (Lipinski definition) is 7. The Balaban J connectivity index is 1.64. The van der Waals surface area contributed by atoms with Gasteiger partial charge in [-0.25, -0.2) is 0 Å². The van der Waals surface area contributed by atoms with Gasteiger partial charge in [0.2, 0.25) is 11.8 Å². The minimum atomic E-state index is -0.0667. The number of carbonyl (C=O) groups excluding carboxylic acids is 1. The lowest BCUT2D eigenvalue weighted by Gasteiger charge is -2.09. The number of carbonyl (C=O) groups is 1. The molecule has 0 aromatic carbocycles. The average Bonchev–Trinajstić information content (AvgIpc) is 3.04. The molecule has 18 heavy (non-hydrogen) atoms. The molecule has 0 spiro atoms. The van der Waals surface area contributed by atoms with Gasteiger partial charge in [0, 0.05) is 13.2 Å². The van der Waals surface area contributed by atoms with Crippen molar-refractivity contribution in [1.82, 2.24) is 15.5 Å². The van der Waals surface area contributed by atoms with Crippen LogP contribution in [0.4, 0.5) is 0 Å². The third kappa shape index (κ3) is 3.97. The van der Waals surface area contributed by atoms with Crippen molar-refractivity contribution < 1.29 is 13.9 Å². The summed E-state index contributed by atoms with van der Waals surface area (Å²) in [7, 11) is 0. The molecule has 0 saturated carbocycles. The zero-order valence-corrected chi connectivity index (χ0v) is 10.7. The van der Waals surface area contributed by atoms with Crippen LogP contribution in [0.2, 0.25) is 0 Å². The number of ether oxygens (including phenoxy) is 1. The molecule has 1 saturated heterocycles. The Hall–Kier alpha value is -1.12. The maximum Gasteiger partial charge on any atom is 0.277 e. The van der Waals surface area contributed by atoms with Gasteiger partial charge in [-0.05, 0) is 12.8 Å². The Morgan fingerprint density at radius 3 is 3.11 bits per heavy atom. The number of nitrogens with one attached hydrogen (secondary N) is 1. The second-order valence-electron chi connectivity index (χ2n) is 3.89. The van der Waals surface area contributed by atoms with Crippen molar-refractivity contribution in [3.05, 3.63) is 5.89 Å². The molecule has 2 rings (SSSR count). The van der Waals surface area contributed by atoms with Crippen LogP contribution in [0.15, 0.2) is 9.64 Å². The normalized spacial score (nSPS) is 19.1. The first-order valence-corrected chi connectivity index (χ1v) is 6.80. The first-order chi connectivity index (χ1) is 8.78. The van der Waals surface area contributed by atoms with Crippen molar-refractivity contribution in [3.63, 3.8) is 0 Å². The number of thioether (sulfide) groups is 1. The summed E-state index contributed by atoms with van der Waals surface area (Å²) in [4.78, 5) is 11.5. The van der Waals surface area contributed by atoms with Gasteiger partial charge in [-0.1, -0.05) is 11.8 Å². The first-order valence-electron chi connectivity index (χ1n) is 5.81. The van der Waals surface area contributed by atoms with E-state index >= 15 is 0 Å². The fourth-order valence-electron chi connectivity index (χ4n) is 1.59. The third-order valence-electron chi connectivity index (χ3n) is 2.50. The van der Waals surface area contributed by atoms with Crippen LogP contribution in [0.3, 0.4) is 0 Å². The molecule has 1 unspecified atom stereocenters. The van der Waals surface area contributed by atoms with E-state index in [-0.39, 0.29) is 24.3 Å². The Kier molecular flexibility index (Phi) is 4.97. The van der Waals surface area contributed by atoms with Gasteiger partial charge in [0.25, 0.3) is 5.22 Å². The summed E-state index contributed by atoms with van der Waals surface area (Å²) in [5.41, 5.74) is 5.34. The van der Waals surface area contributed by atoms with Gasteiger partial charge in [0.15, 0.2) is 0 Å². The number of hydrogen-bond donors (Lipinski definition) is 2. The van der Waals surface area contributed by atoms with E-state index in [0.717, 1.165) is 19.4 Å². The summed E-state index contributed by atoms with van der Waals surface area (Å²) in [5, 5.41) is 10.6. The van der Waals surface area contributed by atoms with Crippen LogP contribution in [0.1, 0.15) is 18.7 Å². The van der Waals surface area contributed by atoms with Crippen molar-refractivity contribution in [2.45, 2.75) is 30.7 Å². The van der Waals surface area contributed by atoms with Crippen molar-refractivity contribution in [2.75, 3.05) is 18.9 Å². The number of nitrogens with zero attached hydrogens (tertiary/aromatic N) is 2. The topological polar surface area (TPSA) is 103 Å². The second-order valence-corrected chi connectivity index (χ2v) is 4.82. The molecule has 1 aliphatic rings. The summed E-state index contributed by atoms with van der Waals surface area (Å²) in [5.74, 6) is 0.555. The summed E-state index contributed by atoms with van der Waals surface area (Å²) in [6.45, 7) is 1.56. The van der Waals surface area contributed by atoms with Crippen LogP contribution in [-0.4, -0.2) is 41.1 Å². The van der Waals surface area contributed by atoms with E-state index in [1.165, 1.54) is 11.8 Å². The molecule has 3 N–H and O–H groups in total. The molecule has 1 aliphatic heterocycles. The fraction of sp³-hybridized carbons (Fsp3) is 0.700. The minimum absolute atomic E-state index is 0.0667. The van der Waals surface area contributed by atoms with Crippen LogP contribution in [0.25, 0.3) is 0 Å². The molecule has 0 radical (unpaired) electrons. The molecule has 0 aliphatic carbocycles. The lowest BCUT2D eigenvalue weighted by Crippen LogP contribution is -2.32. The van der Waals surface area contributed by atoms with Gasteiger partial charge < -0.3 is 20.2 Å². The van der Waals surface area contributed by atoms with Crippen LogP contribution in [0.5, 0.6) is 0 Å². The average molecular weight is 272 g/mol. The molecule has 1 amide bonds. The monoisotopic (exact) mass is 272 g/mol. The fourth-order valence-corrected chi connectivity index (χ4v) is 2.20. The molecular weight excluding hydrogens is 256 g/mol. The number of amides is 1. The predicted molar refractivity (Wildman–Crippen MR) is 64.9 cm³/mol. The predicted octanol–water partition coefficient (Wildman–Crippen LogP) is -0.0844. The maximum atomic E-state index is 11.5. The summed E-state index contributed by atoms with van der Waals surface area (Å²) < 4.78 is 10.6. The van der Waals surface area contributed by atoms with Crippen LogP contribution in [-0.2, 0) is 16.1 Å². The molecule has 7 nitrogen and oxygen atoms in total. The van der Waals surface area contributed by atoms with Crippen LogP contribution < -0.4 is 11.1 Å². The lowest BCUT2D eigenvalue weighted by molar-refractivity contribution is -0.119. The van der Waals surface area contributed by atoms with Crippen molar-refractivity contribution in [3.8, 4) is 0 Å². The molecule has 0 bridgehead atoms. The summed E-state index contributed by atoms with van der Waals surface area (Å²) in [6.07, 6.45) is 2.24.